The van der Waals surface area contributed by atoms with E-state index >= 15 is 0 Å². The number of aryl methyl sites for hydroxylation is 1. The molecule has 3 aromatic rings. The summed E-state index contributed by atoms with van der Waals surface area (Å²) in [6, 6.07) is 13.1. The zero-order valence-corrected chi connectivity index (χ0v) is 12.7. The molecule has 23 heavy (non-hydrogen) atoms. The average Bonchev–Trinajstić information content (AvgIpc) is 3.07. The second-order valence-corrected chi connectivity index (χ2v) is 5.07. The number of rotatable bonds is 4. The lowest BCUT2D eigenvalue weighted by atomic mass is 10.1. The minimum Gasteiger partial charge on any atom is -0.334 e. The number of urea groups is 1. The first kappa shape index (κ1) is 14.8. The molecule has 0 radical (unpaired) electrons. The summed E-state index contributed by atoms with van der Waals surface area (Å²) in [5.41, 5.74) is 2.84. The van der Waals surface area contributed by atoms with E-state index in [2.05, 4.69) is 20.6 Å². The molecule has 0 saturated heterocycles. The van der Waals surface area contributed by atoms with E-state index in [1.165, 1.54) is 0 Å². The number of nitrogens with one attached hydrogen (secondary N) is 2. The number of anilines is 1. The summed E-state index contributed by atoms with van der Waals surface area (Å²) >= 11 is 0. The van der Waals surface area contributed by atoms with Crippen LogP contribution in [0.25, 0.3) is 5.69 Å². The maximum Gasteiger partial charge on any atom is 0.320 e. The lowest BCUT2D eigenvalue weighted by molar-refractivity contribution is 0.251. The Kier molecular flexibility index (Phi) is 4.33. The van der Waals surface area contributed by atoms with E-state index in [9.17, 15) is 4.79 Å². The fourth-order valence-electron chi connectivity index (χ4n) is 2.26. The molecule has 0 fully saturated rings. The van der Waals surface area contributed by atoms with Crippen molar-refractivity contribution >= 4 is 11.8 Å². The molecule has 0 aliphatic heterocycles. The van der Waals surface area contributed by atoms with Crippen molar-refractivity contribution in [3.8, 4) is 5.69 Å². The van der Waals surface area contributed by atoms with Crippen LogP contribution in [0.3, 0.4) is 0 Å². The molecule has 2 aromatic heterocycles. The molecule has 0 aliphatic carbocycles. The molecule has 0 spiro atoms. The Morgan fingerprint density at radius 3 is 2.83 bits per heavy atom. The summed E-state index contributed by atoms with van der Waals surface area (Å²) in [5.74, 6) is 0.533. The monoisotopic (exact) mass is 307 g/mol. The van der Waals surface area contributed by atoms with Gasteiger partial charge in [-0.2, -0.15) is 0 Å². The molecular weight excluding hydrogens is 290 g/mol. The number of hydrogen-bond acceptors (Lipinski definition) is 3. The third-order valence-electron chi connectivity index (χ3n) is 3.34. The van der Waals surface area contributed by atoms with E-state index in [4.69, 9.17) is 0 Å². The molecule has 6 heteroatoms. The van der Waals surface area contributed by atoms with Gasteiger partial charge in [-0.15, -0.1) is 0 Å². The predicted molar refractivity (Wildman–Crippen MR) is 88.4 cm³/mol. The number of hydrogen-bond donors (Lipinski definition) is 2. The van der Waals surface area contributed by atoms with Crippen LogP contribution in [0.15, 0.2) is 61.2 Å². The van der Waals surface area contributed by atoms with E-state index in [-0.39, 0.29) is 6.03 Å². The van der Waals surface area contributed by atoms with Gasteiger partial charge in [-0.1, -0.05) is 24.3 Å². The highest BCUT2D eigenvalue weighted by molar-refractivity contribution is 5.88. The average molecular weight is 307 g/mol. The minimum atomic E-state index is -0.288. The van der Waals surface area contributed by atoms with Gasteiger partial charge in [0.15, 0.2) is 0 Å². The Balaban J connectivity index is 1.66. The Labute approximate surface area is 134 Å². The van der Waals surface area contributed by atoms with Gasteiger partial charge in [0.25, 0.3) is 0 Å². The van der Waals surface area contributed by atoms with Crippen LogP contribution in [0, 0.1) is 6.92 Å². The number of aromatic nitrogens is 3. The van der Waals surface area contributed by atoms with Crippen molar-refractivity contribution in [1.29, 1.82) is 0 Å². The van der Waals surface area contributed by atoms with Gasteiger partial charge in [0.05, 0.1) is 12.0 Å². The summed E-state index contributed by atoms with van der Waals surface area (Å²) in [4.78, 5) is 20.3. The van der Waals surface area contributed by atoms with Crippen LogP contribution in [0.1, 0.15) is 11.3 Å². The first-order chi connectivity index (χ1) is 11.2. The van der Waals surface area contributed by atoms with Crippen molar-refractivity contribution in [2.75, 3.05) is 5.32 Å². The van der Waals surface area contributed by atoms with Crippen LogP contribution in [0.4, 0.5) is 10.6 Å². The van der Waals surface area contributed by atoms with E-state index < -0.39 is 0 Å². The number of imidazole rings is 1. The highest BCUT2D eigenvalue weighted by Crippen LogP contribution is 2.13. The largest absolute Gasteiger partial charge is 0.334 e. The number of amides is 2. The molecule has 0 aliphatic rings. The molecule has 0 unspecified atom stereocenters. The van der Waals surface area contributed by atoms with Crippen LogP contribution < -0.4 is 10.6 Å². The van der Waals surface area contributed by atoms with Gasteiger partial charge >= 0.3 is 6.03 Å². The van der Waals surface area contributed by atoms with Gasteiger partial charge in [0.2, 0.25) is 0 Å². The van der Waals surface area contributed by atoms with Crippen LogP contribution in [-0.2, 0) is 6.54 Å². The Hall–Kier alpha value is -3.15. The Bertz CT molecular complexity index is 798. The second-order valence-electron chi connectivity index (χ2n) is 5.07. The van der Waals surface area contributed by atoms with Gasteiger partial charge < -0.3 is 9.88 Å². The van der Waals surface area contributed by atoms with Gasteiger partial charge in [0, 0.05) is 24.6 Å². The SMILES string of the molecule is Cc1cccc(NC(=O)NCc2ccccc2-n2ccnc2)n1. The van der Waals surface area contributed by atoms with E-state index in [1.807, 2.05) is 54.1 Å². The first-order valence-corrected chi connectivity index (χ1v) is 7.27. The minimum absolute atomic E-state index is 0.288. The molecule has 2 heterocycles. The fourth-order valence-corrected chi connectivity index (χ4v) is 2.26. The standard InChI is InChI=1S/C17H17N5O/c1-13-5-4-8-16(20-13)21-17(23)19-11-14-6-2-3-7-15(14)22-10-9-18-12-22/h2-10,12H,11H2,1H3,(H2,19,20,21,23). The third-order valence-corrected chi connectivity index (χ3v) is 3.34. The maximum absolute atomic E-state index is 12.0. The van der Waals surface area contributed by atoms with Gasteiger partial charge in [-0.25, -0.2) is 14.8 Å². The molecular formula is C17H17N5O. The van der Waals surface area contributed by atoms with Crippen molar-refractivity contribution in [3.05, 3.63) is 72.4 Å². The molecule has 1 aromatic carbocycles. The number of para-hydroxylation sites is 1. The third kappa shape index (κ3) is 3.74. The van der Waals surface area contributed by atoms with Crippen molar-refractivity contribution in [1.82, 2.24) is 19.9 Å². The van der Waals surface area contributed by atoms with Gasteiger partial charge in [-0.3, -0.25) is 5.32 Å². The van der Waals surface area contributed by atoms with Crippen LogP contribution in [0.5, 0.6) is 0 Å². The first-order valence-electron chi connectivity index (χ1n) is 7.27. The highest BCUT2D eigenvalue weighted by atomic mass is 16.2. The summed E-state index contributed by atoms with van der Waals surface area (Å²) in [7, 11) is 0. The quantitative estimate of drug-likeness (QED) is 0.778. The van der Waals surface area contributed by atoms with Crippen LogP contribution in [-0.4, -0.2) is 20.6 Å². The van der Waals surface area contributed by atoms with Crippen molar-refractivity contribution in [2.45, 2.75) is 13.5 Å². The summed E-state index contributed by atoms with van der Waals surface area (Å²) < 4.78 is 1.91. The molecule has 0 bridgehead atoms. The topological polar surface area (TPSA) is 71.8 Å². The number of carbonyl (C=O) groups is 1. The molecule has 2 N–H and O–H groups in total. The predicted octanol–water partition coefficient (Wildman–Crippen LogP) is 2.90. The zero-order chi connectivity index (χ0) is 16.1. The lowest BCUT2D eigenvalue weighted by Crippen LogP contribution is -2.29. The Morgan fingerprint density at radius 2 is 2.04 bits per heavy atom. The smallest absolute Gasteiger partial charge is 0.320 e. The number of nitrogens with zero attached hydrogens (tertiary/aromatic N) is 3. The number of pyridine rings is 1. The lowest BCUT2D eigenvalue weighted by Gasteiger charge is -2.12. The summed E-state index contributed by atoms with van der Waals surface area (Å²) in [5, 5.41) is 5.57. The highest BCUT2D eigenvalue weighted by Gasteiger charge is 2.06. The second kappa shape index (κ2) is 6.74. The normalized spacial score (nSPS) is 10.3. The number of benzene rings is 1. The van der Waals surface area contributed by atoms with Crippen LogP contribution >= 0.6 is 0 Å². The summed E-state index contributed by atoms with van der Waals surface area (Å²) in [6.45, 7) is 2.29. The molecule has 3 rings (SSSR count). The molecule has 0 atom stereocenters. The van der Waals surface area contributed by atoms with E-state index in [0.717, 1.165) is 16.9 Å². The van der Waals surface area contributed by atoms with E-state index in [0.29, 0.717) is 12.4 Å². The van der Waals surface area contributed by atoms with Crippen molar-refractivity contribution in [3.63, 3.8) is 0 Å². The fraction of sp³-hybridized carbons (Fsp3) is 0.118. The molecule has 0 saturated carbocycles. The number of carbonyl (C=O) groups excluding carboxylic acids is 1. The van der Waals surface area contributed by atoms with E-state index in [1.54, 1.807) is 18.6 Å². The van der Waals surface area contributed by atoms with Gasteiger partial charge in [0.1, 0.15) is 5.82 Å². The molecule has 116 valence electrons. The van der Waals surface area contributed by atoms with Crippen molar-refractivity contribution < 1.29 is 4.79 Å². The molecule has 2 amide bonds. The van der Waals surface area contributed by atoms with Gasteiger partial charge in [-0.05, 0) is 30.7 Å². The Morgan fingerprint density at radius 1 is 1.17 bits per heavy atom. The molecule has 6 nitrogen and oxygen atoms in total. The maximum atomic E-state index is 12.0. The zero-order valence-electron chi connectivity index (χ0n) is 12.7. The van der Waals surface area contributed by atoms with Crippen molar-refractivity contribution in [2.24, 2.45) is 0 Å². The summed E-state index contributed by atoms with van der Waals surface area (Å²) in [6.07, 6.45) is 5.32. The van der Waals surface area contributed by atoms with Crippen LogP contribution in [0.2, 0.25) is 0 Å².